The Hall–Kier alpha value is 0. The summed E-state index contributed by atoms with van der Waals surface area (Å²) in [5.41, 5.74) is 0.807. The lowest BCUT2D eigenvalue weighted by Crippen LogP contribution is -2.44. The van der Waals surface area contributed by atoms with Gasteiger partial charge < -0.3 is 0 Å². The predicted octanol–water partition coefficient (Wildman–Crippen LogP) is 6.69. The van der Waals surface area contributed by atoms with Gasteiger partial charge in [-0.2, -0.15) is 0 Å². The summed E-state index contributed by atoms with van der Waals surface area (Å²) in [5.74, 6) is 0.250. The highest BCUT2D eigenvalue weighted by molar-refractivity contribution is 4.96. The molecule has 0 amide bonds. The third-order valence-corrected chi connectivity index (χ3v) is 6.35. The third-order valence-electron chi connectivity index (χ3n) is 6.35. The molecule has 0 spiro atoms. The molecule has 1 aliphatic carbocycles. The minimum atomic E-state index is -0.314. The van der Waals surface area contributed by atoms with Gasteiger partial charge in [0.15, 0.2) is 0 Å². The fourth-order valence-corrected chi connectivity index (χ4v) is 4.68. The van der Waals surface area contributed by atoms with Gasteiger partial charge in [-0.15, -0.1) is 0 Å². The Kier molecular flexibility index (Phi) is 4.68. The van der Waals surface area contributed by atoms with Crippen LogP contribution in [0.4, 0.5) is 0 Å². The van der Waals surface area contributed by atoms with Crippen molar-refractivity contribution in [2.75, 3.05) is 0 Å². The van der Waals surface area contributed by atoms with Gasteiger partial charge in [0.05, 0.1) is 0 Å². The zero-order chi connectivity index (χ0) is 15.8. The van der Waals surface area contributed by atoms with Gasteiger partial charge in [-0.3, -0.25) is 0 Å². The molecule has 19 heavy (non-hydrogen) atoms. The first-order valence-corrected chi connectivity index (χ1v) is 8.43. The maximum atomic E-state index is 9.31. The molecule has 1 fully saturated rings. The molecular formula is C19H38. The van der Waals surface area contributed by atoms with E-state index in [1.54, 1.807) is 0 Å². The molecule has 1 rings (SSSR count). The molecule has 114 valence electrons. The second-order valence-corrected chi connectivity index (χ2v) is 8.66. The second kappa shape index (κ2) is 5.78. The van der Waals surface area contributed by atoms with Crippen molar-refractivity contribution in [2.24, 2.45) is 28.1 Å². The molecule has 1 atom stereocenters. The van der Waals surface area contributed by atoms with E-state index in [2.05, 4.69) is 55.4 Å². The van der Waals surface area contributed by atoms with Gasteiger partial charge in [-0.1, -0.05) is 55.4 Å². The lowest BCUT2D eigenvalue weighted by molar-refractivity contribution is -0.0311. The molecule has 1 aliphatic rings. The van der Waals surface area contributed by atoms with Gasteiger partial charge in [0.2, 0.25) is 0 Å². The van der Waals surface area contributed by atoms with Gasteiger partial charge in [0, 0.05) is 1.37 Å². The van der Waals surface area contributed by atoms with Crippen LogP contribution in [-0.4, -0.2) is 0 Å². The summed E-state index contributed by atoms with van der Waals surface area (Å²) in [6, 6.07) is 0. The fraction of sp³-hybridized carbons (Fsp3) is 1.00. The van der Waals surface area contributed by atoms with Crippen molar-refractivity contribution in [1.82, 2.24) is 0 Å². The van der Waals surface area contributed by atoms with Crippen LogP contribution in [0.25, 0.3) is 0 Å². The van der Waals surface area contributed by atoms with Crippen molar-refractivity contribution < 1.29 is 1.37 Å². The van der Waals surface area contributed by atoms with E-state index in [9.17, 15) is 1.37 Å². The average molecular weight is 268 g/mol. The molecule has 0 aromatic rings. The molecule has 0 heterocycles. The van der Waals surface area contributed by atoms with Gasteiger partial charge in [-0.25, -0.2) is 0 Å². The van der Waals surface area contributed by atoms with Crippen molar-refractivity contribution >= 4 is 0 Å². The molecule has 0 aromatic heterocycles. The Morgan fingerprint density at radius 2 is 1.53 bits per heavy atom. The van der Waals surface area contributed by atoms with E-state index in [4.69, 9.17) is 0 Å². The maximum absolute atomic E-state index is 9.31. The highest BCUT2D eigenvalue weighted by Crippen LogP contribution is 2.55. The molecule has 0 radical (unpaired) electrons. The lowest BCUT2D eigenvalue weighted by Gasteiger charge is -2.52. The number of hydrogen-bond acceptors (Lipinski definition) is 0. The molecule has 0 saturated heterocycles. The summed E-state index contributed by atoms with van der Waals surface area (Å²) in [6.07, 6.45) is 7.30. The van der Waals surface area contributed by atoms with Crippen LogP contribution in [0.1, 0.15) is 95.3 Å². The first-order chi connectivity index (χ1) is 8.93. The summed E-state index contributed by atoms with van der Waals surface area (Å²) in [7, 11) is 0. The van der Waals surface area contributed by atoms with E-state index in [-0.39, 0.29) is 16.7 Å². The van der Waals surface area contributed by atoms with Gasteiger partial charge >= 0.3 is 0 Å². The van der Waals surface area contributed by atoms with E-state index in [1.807, 2.05) is 0 Å². The lowest BCUT2D eigenvalue weighted by atomic mass is 9.52. The van der Waals surface area contributed by atoms with E-state index >= 15 is 0 Å². The third kappa shape index (κ3) is 3.37. The Balaban J connectivity index is 3.07. The Morgan fingerprint density at radius 3 is 1.84 bits per heavy atom. The smallest absolute Gasteiger partial charge is 0.0309 e. The minimum Gasteiger partial charge on any atom is -0.0648 e. The Bertz CT molecular complexity index is 305. The van der Waals surface area contributed by atoms with Crippen LogP contribution in [-0.2, 0) is 0 Å². The molecule has 0 N–H and O–H groups in total. The van der Waals surface area contributed by atoms with E-state index in [0.717, 1.165) is 12.8 Å². The zero-order valence-corrected chi connectivity index (χ0v) is 14.8. The number of rotatable bonds is 4. The molecule has 1 saturated carbocycles. The molecule has 0 heteroatoms. The van der Waals surface area contributed by atoms with Crippen LogP contribution in [0.5, 0.6) is 0 Å². The van der Waals surface area contributed by atoms with Crippen molar-refractivity contribution in [1.29, 1.82) is 0 Å². The van der Waals surface area contributed by atoms with Crippen molar-refractivity contribution in [2.45, 2.75) is 93.9 Å². The zero-order valence-electron chi connectivity index (χ0n) is 15.8. The fourth-order valence-electron chi connectivity index (χ4n) is 4.68. The van der Waals surface area contributed by atoms with Crippen LogP contribution >= 0.6 is 0 Å². The monoisotopic (exact) mass is 267 g/mol. The first kappa shape index (κ1) is 15.4. The van der Waals surface area contributed by atoms with E-state index in [1.165, 1.54) is 25.7 Å². The summed E-state index contributed by atoms with van der Waals surface area (Å²) >= 11 is 0. The van der Waals surface area contributed by atoms with Crippen LogP contribution in [0.15, 0.2) is 0 Å². The molecule has 0 aromatic carbocycles. The summed E-state index contributed by atoms with van der Waals surface area (Å²) in [5, 5.41) is 0. The molecule has 0 bridgehead atoms. The maximum Gasteiger partial charge on any atom is 0.0309 e. The van der Waals surface area contributed by atoms with Crippen molar-refractivity contribution in [3.8, 4) is 0 Å². The van der Waals surface area contributed by atoms with Gasteiger partial charge in [0.25, 0.3) is 0 Å². The van der Waals surface area contributed by atoms with Gasteiger partial charge in [-0.05, 0) is 66.6 Å². The van der Waals surface area contributed by atoms with Crippen LogP contribution in [0.2, 0.25) is 0 Å². The van der Waals surface area contributed by atoms with Crippen LogP contribution < -0.4 is 0 Å². The van der Waals surface area contributed by atoms with Gasteiger partial charge in [0.1, 0.15) is 0 Å². The SMILES string of the molecule is [2H]C(C)(C1CCC(C)(C)CC1)C(CC)(CC)C(C)(C)C. The first-order valence-electron chi connectivity index (χ1n) is 8.93. The van der Waals surface area contributed by atoms with E-state index < -0.39 is 0 Å². The number of hydrogen-bond donors (Lipinski definition) is 0. The second-order valence-electron chi connectivity index (χ2n) is 8.66. The van der Waals surface area contributed by atoms with Crippen molar-refractivity contribution in [3.63, 3.8) is 0 Å². The quantitative estimate of drug-likeness (QED) is 0.532. The Morgan fingerprint density at radius 1 is 1.11 bits per heavy atom. The molecule has 0 aliphatic heterocycles. The van der Waals surface area contributed by atoms with Crippen LogP contribution in [0, 0.1) is 28.1 Å². The van der Waals surface area contributed by atoms with Crippen molar-refractivity contribution in [3.05, 3.63) is 0 Å². The average Bonchev–Trinajstić information content (AvgIpc) is 2.28. The summed E-state index contributed by atoms with van der Waals surface area (Å²) in [6.45, 7) is 18.7. The normalized spacial score (nSPS) is 25.8. The van der Waals surface area contributed by atoms with E-state index in [0.29, 0.717) is 11.3 Å². The predicted molar refractivity (Wildman–Crippen MR) is 87.4 cm³/mol. The minimum absolute atomic E-state index is 0.117. The summed E-state index contributed by atoms with van der Waals surface area (Å²) in [4.78, 5) is 0. The molecular weight excluding hydrogens is 228 g/mol. The molecule has 1 unspecified atom stereocenters. The highest BCUT2D eigenvalue weighted by atomic mass is 14.5. The topological polar surface area (TPSA) is 0 Å². The Labute approximate surface area is 124 Å². The standard InChI is InChI=1S/C19H38/c1-9-19(10-2,17(4,5)6)15(3)16-11-13-18(7,8)14-12-16/h15-16H,9-14H2,1-8H3/i15D. The highest BCUT2D eigenvalue weighted by Gasteiger charge is 2.46. The molecule has 0 nitrogen and oxygen atoms in total. The summed E-state index contributed by atoms with van der Waals surface area (Å²) < 4.78 is 9.31. The van der Waals surface area contributed by atoms with Crippen LogP contribution in [0.3, 0.4) is 0 Å². The largest absolute Gasteiger partial charge is 0.0648 e.